The Labute approximate surface area is 129 Å². The fourth-order valence-corrected chi connectivity index (χ4v) is 2.68. The number of benzene rings is 1. The number of carboxylic acids is 1. The number of carboxylic acid groups (broad SMARTS) is 1. The van der Waals surface area contributed by atoms with Crippen LogP contribution < -0.4 is 5.32 Å². The van der Waals surface area contributed by atoms with Crippen LogP contribution in [0, 0.1) is 0 Å². The molecule has 1 amide bonds. The summed E-state index contributed by atoms with van der Waals surface area (Å²) < 4.78 is 29.1. The Kier molecular flexibility index (Phi) is 5.18. The van der Waals surface area contributed by atoms with Crippen LogP contribution in [-0.4, -0.2) is 36.4 Å². The minimum atomic E-state index is -3.96. The standard InChI is InChI=1S/C14H19NO6S/c1-9(12(16)17)22(19,20)11-7-5-10(6-8-11)15-13(18)21-14(2,3)4/h5-9H,1-4H3,(H,15,18)(H,16,17). The summed E-state index contributed by atoms with van der Waals surface area (Å²) in [5.41, 5.74) is -0.305. The molecule has 0 saturated carbocycles. The van der Waals surface area contributed by atoms with E-state index in [0.717, 1.165) is 6.92 Å². The highest BCUT2D eigenvalue weighted by Gasteiger charge is 2.29. The molecule has 122 valence electrons. The van der Waals surface area contributed by atoms with Crippen molar-refractivity contribution in [1.29, 1.82) is 0 Å². The predicted octanol–water partition coefficient (Wildman–Crippen LogP) is 2.28. The number of carbonyl (C=O) groups excluding carboxylic acids is 1. The lowest BCUT2D eigenvalue weighted by atomic mass is 10.2. The van der Waals surface area contributed by atoms with Gasteiger partial charge in [-0.1, -0.05) is 0 Å². The van der Waals surface area contributed by atoms with Crippen molar-refractivity contribution in [1.82, 2.24) is 0 Å². The summed E-state index contributed by atoms with van der Waals surface area (Å²) >= 11 is 0. The van der Waals surface area contributed by atoms with E-state index in [-0.39, 0.29) is 4.90 Å². The second-order valence-electron chi connectivity index (χ2n) is 5.68. The van der Waals surface area contributed by atoms with Gasteiger partial charge in [0.1, 0.15) is 5.60 Å². The summed E-state index contributed by atoms with van der Waals surface area (Å²) in [5, 5.41) is 9.72. The van der Waals surface area contributed by atoms with Crippen molar-refractivity contribution in [2.75, 3.05) is 5.32 Å². The Morgan fingerprint density at radius 2 is 1.68 bits per heavy atom. The second kappa shape index (κ2) is 6.35. The molecule has 0 aliphatic heterocycles. The van der Waals surface area contributed by atoms with Crippen LogP contribution in [0.15, 0.2) is 29.2 Å². The number of carbonyl (C=O) groups is 2. The van der Waals surface area contributed by atoms with Gasteiger partial charge in [0.05, 0.1) is 4.90 Å². The van der Waals surface area contributed by atoms with E-state index in [1.165, 1.54) is 24.3 Å². The van der Waals surface area contributed by atoms with Gasteiger partial charge in [-0.3, -0.25) is 10.1 Å². The molecule has 0 aliphatic carbocycles. The molecule has 1 aromatic rings. The second-order valence-corrected chi connectivity index (χ2v) is 7.95. The summed E-state index contributed by atoms with van der Waals surface area (Å²) in [6.45, 7) is 6.26. The van der Waals surface area contributed by atoms with E-state index in [4.69, 9.17) is 9.84 Å². The van der Waals surface area contributed by atoms with E-state index >= 15 is 0 Å². The van der Waals surface area contributed by atoms with Crippen LogP contribution in [0.2, 0.25) is 0 Å². The Morgan fingerprint density at radius 1 is 1.18 bits per heavy atom. The highest BCUT2D eigenvalue weighted by Crippen LogP contribution is 2.19. The van der Waals surface area contributed by atoms with E-state index in [1.54, 1.807) is 20.8 Å². The molecule has 1 aromatic carbocycles. The zero-order chi connectivity index (χ0) is 17.1. The van der Waals surface area contributed by atoms with E-state index < -0.39 is 32.8 Å². The van der Waals surface area contributed by atoms with Gasteiger partial charge in [-0.05, 0) is 52.0 Å². The Morgan fingerprint density at radius 3 is 2.09 bits per heavy atom. The number of ether oxygens (including phenoxy) is 1. The van der Waals surface area contributed by atoms with Gasteiger partial charge in [0, 0.05) is 5.69 Å². The highest BCUT2D eigenvalue weighted by molar-refractivity contribution is 7.92. The molecule has 8 heteroatoms. The molecule has 0 radical (unpaired) electrons. The molecule has 0 aliphatic rings. The molecular formula is C14H19NO6S. The predicted molar refractivity (Wildman–Crippen MR) is 80.6 cm³/mol. The van der Waals surface area contributed by atoms with Crippen molar-refractivity contribution in [3.05, 3.63) is 24.3 Å². The van der Waals surface area contributed by atoms with Crippen molar-refractivity contribution in [3.63, 3.8) is 0 Å². The number of hydrogen-bond acceptors (Lipinski definition) is 5. The number of sulfone groups is 1. The molecule has 0 bridgehead atoms. The maximum absolute atomic E-state index is 12.0. The van der Waals surface area contributed by atoms with Crippen molar-refractivity contribution in [3.8, 4) is 0 Å². The number of rotatable bonds is 4. The Bertz CT molecular complexity index is 658. The Hall–Kier alpha value is -2.09. The largest absolute Gasteiger partial charge is 0.480 e. The lowest BCUT2D eigenvalue weighted by Crippen LogP contribution is -2.27. The fraction of sp³-hybridized carbons (Fsp3) is 0.429. The van der Waals surface area contributed by atoms with Gasteiger partial charge in [0.15, 0.2) is 15.1 Å². The normalized spacial score (nSPS) is 13.3. The number of anilines is 1. The zero-order valence-corrected chi connectivity index (χ0v) is 13.6. The molecule has 0 aromatic heterocycles. The third kappa shape index (κ3) is 4.73. The third-order valence-corrected chi connectivity index (χ3v) is 4.70. The van der Waals surface area contributed by atoms with Gasteiger partial charge in [-0.2, -0.15) is 0 Å². The first-order valence-electron chi connectivity index (χ1n) is 6.50. The van der Waals surface area contributed by atoms with Crippen molar-refractivity contribution in [2.45, 2.75) is 43.4 Å². The summed E-state index contributed by atoms with van der Waals surface area (Å²) in [6, 6.07) is 5.21. The first kappa shape index (κ1) is 18.0. The van der Waals surface area contributed by atoms with Gasteiger partial charge in [-0.15, -0.1) is 0 Å². The van der Waals surface area contributed by atoms with Gasteiger partial charge in [0.2, 0.25) is 0 Å². The third-order valence-electron chi connectivity index (χ3n) is 2.64. The van der Waals surface area contributed by atoms with Crippen LogP contribution in [0.25, 0.3) is 0 Å². The topological polar surface area (TPSA) is 110 Å². The van der Waals surface area contributed by atoms with Crippen LogP contribution in [-0.2, 0) is 19.4 Å². The monoisotopic (exact) mass is 329 g/mol. The molecule has 1 atom stereocenters. The molecule has 0 spiro atoms. The van der Waals surface area contributed by atoms with Crippen molar-refractivity contribution in [2.24, 2.45) is 0 Å². The van der Waals surface area contributed by atoms with Crippen LogP contribution in [0.4, 0.5) is 10.5 Å². The summed E-state index contributed by atoms with van der Waals surface area (Å²) in [5.74, 6) is -1.42. The first-order chi connectivity index (χ1) is 9.93. The summed E-state index contributed by atoms with van der Waals surface area (Å²) in [6.07, 6.45) is -0.665. The molecule has 7 nitrogen and oxygen atoms in total. The number of amides is 1. The van der Waals surface area contributed by atoms with Crippen LogP contribution >= 0.6 is 0 Å². The molecule has 22 heavy (non-hydrogen) atoms. The van der Waals surface area contributed by atoms with Crippen molar-refractivity contribution < 1.29 is 27.9 Å². The van der Waals surface area contributed by atoms with E-state index in [2.05, 4.69) is 5.32 Å². The van der Waals surface area contributed by atoms with E-state index in [1.807, 2.05) is 0 Å². The minimum absolute atomic E-state index is 0.128. The van der Waals surface area contributed by atoms with Gasteiger partial charge < -0.3 is 9.84 Å². The van der Waals surface area contributed by atoms with Crippen molar-refractivity contribution >= 4 is 27.6 Å². The molecule has 0 fully saturated rings. The maximum Gasteiger partial charge on any atom is 0.412 e. The lowest BCUT2D eigenvalue weighted by Gasteiger charge is -2.19. The average Bonchev–Trinajstić information content (AvgIpc) is 2.35. The molecule has 1 rings (SSSR count). The smallest absolute Gasteiger partial charge is 0.412 e. The highest BCUT2D eigenvalue weighted by atomic mass is 32.2. The van der Waals surface area contributed by atoms with E-state index in [0.29, 0.717) is 5.69 Å². The summed E-state index contributed by atoms with van der Waals surface area (Å²) in [7, 11) is -3.96. The number of aliphatic carboxylic acids is 1. The lowest BCUT2D eigenvalue weighted by molar-refractivity contribution is -0.136. The number of hydrogen-bond donors (Lipinski definition) is 2. The van der Waals surface area contributed by atoms with Crippen LogP contribution in [0.3, 0.4) is 0 Å². The molecule has 0 saturated heterocycles. The van der Waals surface area contributed by atoms with Gasteiger partial charge in [-0.25, -0.2) is 13.2 Å². The van der Waals surface area contributed by atoms with Crippen LogP contribution in [0.1, 0.15) is 27.7 Å². The minimum Gasteiger partial charge on any atom is -0.480 e. The Balaban J connectivity index is 2.88. The molecule has 1 unspecified atom stereocenters. The van der Waals surface area contributed by atoms with E-state index in [9.17, 15) is 18.0 Å². The van der Waals surface area contributed by atoms with Gasteiger partial charge in [0.25, 0.3) is 0 Å². The first-order valence-corrected chi connectivity index (χ1v) is 8.05. The average molecular weight is 329 g/mol. The zero-order valence-electron chi connectivity index (χ0n) is 12.8. The van der Waals surface area contributed by atoms with Gasteiger partial charge >= 0.3 is 12.1 Å². The quantitative estimate of drug-likeness (QED) is 0.877. The fourth-order valence-electron chi connectivity index (χ4n) is 1.49. The number of nitrogens with one attached hydrogen (secondary N) is 1. The molecular weight excluding hydrogens is 310 g/mol. The molecule has 0 heterocycles. The summed E-state index contributed by atoms with van der Waals surface area (Å²) in [4.78, 5) is 22.3. The SMILES string of the molecule is CC(C(=O)O)S(=O)(=O)c1ccc(NC(=O)OC(C)(C)C)cc1. The molecule has 2 N–H and O–H groups in total. The van der Waals surface area contributed by atoms with Crippen LogP contribution in [0.5, 0.6) is 0 Å². The maximum atomic E-state index is 12.0.